The molecule has 0 aromatic heterocycles. The summed E-state index contributed by atoms with van der Waals surface area (Å²) in [5, 5.41) is 0. The van der Waals surface area contributed by atoms with Crippen LogP contribution >= 0.6 is 22.6 Å². The Morgan fingerprint density at radius 3 is 2.36 bits per heavy atom. The van der Waals surface area contributed by atoms with Gasteiger partial charge in [0.15, 0.2) is 0 Å². The summed E-state index contributed by atoms with van der Waals surface area (Å²) in [6.07, 6.45) is -4.13. The Morgan fingerprint density at radius 2 is 2.09 bits per heavy atom. The summed E-state index contributed by atoms with van der Waals surface area (Å²) in [7, 11) is 0. The molecule has 1 heterocycles. The third kappa shape index (κ3) is 2.47. The molecule has 2 atom stereocenters. The molecule has 0 N–H and O–H groups in total. The second-order valence-corrected chi connectivity index (χ2v) is 3.46. The number of halogens is 4. The molecule has 0 bridgehead atoms. The zero-order valence-corrected chi connectivity index (χ0v) is 7.85. The summed E-state index contributed by atoms with van der Waals surface area (Å²) in [5.41, 5.74) is 0. The highest BCUT2D eigenvalue weighted by atomic mass is 127. The zero-order chi connectivity index (χ0) is 8.48. The zero-order valence-electron chi connectivity index (χ0n) is 5.70. The fourth-order valence-corrected chi connectivity index (χ4v) is 1.66. The molecule has 0 amide bonds. The molecule has 1 aliphatic rings. The quantitative estimate of drug-likeness (QED) is 0.529. The van der Waals surface area contributed by atoms with Crippen molar-refractivity contribution in [3.8, 4) is 0 Å². The van der Waals surface area contributed by atoms with Crippen LogP contribution in [0.5, 0.6) is 0 Å². The van der Waals surface area contributed by atoms with E-state index in [-0.39, 0.29) is 19.1 Å². The number of hydrogen-bond donors (Lipinski definition) is 0. The lowest BCUT2D eigenvalue weighted by Gasteiger charge is -2.11. The average molecular weight is 280 g/mol. The molecule has 1 saturated heterocycles. The molecule has 0 aromatic carbocycles. The number of ether oxygens (including phenoxy) is 1. The van der Waals surface area contributed by atoms with Crippen LogP contribution in [0.3, 0.4) is 0 Å². The van der Waals surface area contributed by atoms with Gasteiger partial charge in [-0.1, -0.05) is 22.6 Å². The summed E-state index contributed by atoms with van der Waals surface area (Å²) in [5.74, 6) is -1.23. The van der Waals surface area contributed by atoms with Crippen LogP contribution in [0.1, 0.15) is 6.42 Å². The van der Waals surface area contributed by atoms with E-state index in [4.69, 9.17) is 4.74 Å². The molecule has 0 saturated carbocycles. The first kappa shape index (κ1) is 9.57. The number of hydrogen-bond acceptors (Lipinski definition) is 1. The molecule has 11 heavy (non-hydrogen) atoms. The molecule has 0 aliphatic carbocycles. The molecule has 0 unspecified atom stereocenters. The summed E-state index contributed by atoms with van der Waals surface area (Å²) < 4.78 is 41.5. The van der Waals surface area contributed by atoms with Crippen molar-refractivity contribution in [3.05, 3.63) is 0 Å². The molecule has 1 rings (SSSR count). The molecule has 66 valence electrons. The van der Waals surface area contributed by atoms with Gasteiger partial charge in [-0.2, -0.15) is 13.2 Å². The van der Waals surface area contributed by atoms with Crippen LogP contribution in [-0.4, -0.2) is 23.3 Å². The SMILES string of the molecule is FC(F)(F)[C@H]1CO[C@@H](CI)C1. The minimum Gasteiger partial charge on any atom is -0.377 e. The normalized spacial score (nSPS) is 32.7. The third-order valence-corrected chi connectivity index (χ3v) is 2.70. The van der Waals surface area contributed by atoms with Gasteiger partial charge in [0.1, 0.15) is 0 Å². The molecule has 0 aromatic rings. The Morgan fingerprint density at radius 1 is 1.45 bits per heavy atom. The van der Waals surface area contributed by atoms with Gasteiger partial charge in [0, 0.05) is 4.43 Å². The predicted octanol–water partition coefficient (Wildman–Crippen LogP) is 2.39. The summed E-state index contributed by atoms with van der Waals surface area (Å²) in [6, 6.07) is 0. The first-order valence-corrected chi connectivity index (χ1v) is 4.81. The standard InChI is InChI=1S/C6H8F3IO/c7-6(8,9)4-1-5(2-10)11-3-4/h4-5H,1-3H2/t4-,5-/m1/s1. The van der Waals surface area contributed by atoms with Crippen molar-refractivity contribution in [1.82, 2.24) is 0 Å². The highest BCUT2D eigenvalue weighted by Crippen LogP contribution is 2.35. The lowest BCUT2D eigenvalue weighted by atomic mass is 10.1. The van der Waals surface area contributed by atoms with Gasteiger partial charge in [-0.25, -0.2) is 0 Å². The average Bonchev–Trinajstić information content (AvgIpc) is 2.32. The summed E-state index contributed by atoms with van der Waals surface area (Å²) in [6.45, 7) is -0.156. The van der Waals surface area contributed by atoms with Gasteiger partial charge in [0.05, 0.1) is 18.6 Å². The van der Waals surface area contributed by atoms with E-state index in [1.807, 2.05) is 22.6 Å². The third-order valence-electron chi connectivity index (χ3n) is 1.72. The number of rotatable bonds is 1. The Hall–Kier alpha value is 0.480. The largest absolute Gasteiger partial charge is 0.394 e. The topological polar surface area (TPSA) is 9.23 Å². The van der Waals surface area contributed by atoms with Crippen LogP contribution in [-0.2, 0) is 4.74 Å². The maximum atomic E-state index is 12.0. The van der Waals surface area contributed by atoms with Crippen LogP contribution < -0.4 is 0 Å². The van der Waals surface area contributed by atoms with E-state index in [1.165, 1.54) is 0 Å². The molecule has 5 heteroatoms. The minimum atomic E-state index is -4.07. The van der Waals surface area contributed by atoms with Crippen molar-refractivity contribution in [3.63, 3.8) is 0 Å². The van der Waals surface area contributed by atoms with Gasteiger partial charge in [-0.05, 0) is 6.42 Å². The second kappa shape index (κ2) is 3.47. The van der Waals surface area contributed by atoms with E-state index in [2.05, 4.69) is 0 Å². The lowest BCUT2D eigenvalue weighted by Crippen LogP contribution is -2.23. The lowest BCUT2D eigenvalue weighted by molar-refractivity contribution is -0.173. The summed E-state index contributed by atoms with van der Waals surface area (Å²) >= 11 is 2.04. The van der Waals surface area contributed by atoms with Gasteiger partial charge in [0.2, 0.25) is 0 Å². The van der Waals surface area contributed by atoms with Crippen LogP contribution in [0.4, 0.5) is 13.2 Å². The molecule has 0 spiro atoms. The van der Waals surface area contributed by atoms with Crippen LogP contribution in [0, 0.1) is 5.92 Å². The molecule has 1 fully saturated rings. The van der Waals surface area contributed by atoms with Crippen molar-refractivity contribution in [2.75, 3.05) is 11.0 Å². The monoisotopic (exact) mass is 280 g/mol. The van der Waals surface area contributed by atoms with Crippen LogP contribution in [0.15, 0.2) is 0 Å². The van der Waals surface area contributed by atoms with Crippen molar-refractivity contribution in [1.29, 1.82) is 0 Å². The number of alkyl halides is 4. The van der Waals surface area contributed by atoms with E-state index < -0.39 is 12.1 Å². The maximum Gasteiger partial charge on any atom is 0.394 e. The smallest absolute Gasteiger partial charge is 0.377 e. The Balaban J connectivity index is 2.42. The summed E-state index contributed by atoms with van der Waals surface area (Å²) in [4.78, 5) is 0. The first-order valence-electron chi connectivity index (χ1n) is 3.28. The van der Waals surface area contributed by atoms with E-state index in [1.54, 1.807) is 0 Å². The van der Waals surface area contributed by atoms with Crippen LogP contribution in [0.25, 0.3) is 0 Å². The predicted molar refractivity (Wildman–Crippen MR) is 42.8 cm³/mol. The Bertz CT molecular complexity index is 136. The van der Waals surface area contributed by atoms with Gasteiger partial charge >= 0.3 is 6.18 Å². The molecular formula is C6H8F3IO. The van der Waals surface area contributed by atoms with Crippen molar-refractivity contribution >= 4 is 22.6 Å². The molecule has 1 aliphatic heterocycles. The van der Waals surface area contributed by atoms with E-state index >= 15 is 0 Å². The minimum absolute atomic E-state index is 0.131. The van der Waals surface area contributed by atoms with Crippen LogP contribution in [0.2, 0.25) is 0 Å². The second-order valence-electron chi connectivity index (χ2n) is 2.58. The van der Waals surface area contributed by atoms with Gasteiger partial charge < -0.3 is 4.74 Å². The van der Waals surface area contributed by atoms with E-state index in [0.717, 1.165) is 0 Å². The van der Waals surface area contributed by atoms with Gasteiger partial charge in [0.25, 0.3) is 0 Å². The molecule has 1 nitrogen and oxygen atoms in total. The molecule has 0 radical (unpaired) electrons. The van der Waals surface area contributed by atoms with Crippen molar-refractivity contribution in [2.24, 2.45) is 5.92 Å². The Kier molecular flexibility index (Phi) is 3.02. The fourth-order valence-electron chi connectivity index (χ4n) is 1.04. The molecular weight excluding hydrogens is 272 g/mol. The van der Waals surface area contributed by atoms with Crippen molar-refractivity contribution in [2.45, 2.75) is 18.7 Å². The van der Waals surface area contributed by atoms with E-state index in [0.29, 0.717) is 4.43 Å². The van der Waals surface area contributed by atoms with Gasteiger partial charge in [-0.15, -0.1) is 0 Å². The van der Waals surface area contributed by atoms with Crippen molar-refractivity contribution < 1.29 is 17.9 Å². The highest BCUT2D eigenvalue weighted by molar-refractivity contribution is 14.1. The van der Waals surface area contributed by atoms with E-state index in [9.17, 15) is 13.2 Å². The fraction of sp³-hybridized carbons (Fsp3) is 1.00. The highest BCUT2D eigenvalue weighted by Gasteiger charge is 2.44. The maximum absolute atomic E-state index is 12.0. The first-order chi connectivity index (χ1) is 5.04. The van der Waals surface area contributed by atoms with Gasteiger partial charge in [-0.3, -0.25) is 0 Å². The Labute approximate surface area is 76.4 Å².